The molecule has 0 unspecified atom stereocenters. The molecule has 0 N–H and O–H groups in total. The molecule has 0 amide bonds. The highest BCUT2D eigenvalue weighted by molar-refractivity contribution is 5.68. The molecule has 0 aromatic carbocycles. The van der Waals surface area contributed by atoms with E-state index in [0.717, 1.165) is 12.2 Å². The standard InChI is InChI=1S/C11H16N3/c1-5-14-9(3)13(4)10-6-8(2)7-12-11(10)14/h6-7H,5H2,1-4H3/q+1. The fourth-order valence-corrected chi connectivity index (χ4v) is 1.89. The second-order valence-corrected chi connectivity index (χ2v) is 3.71. The molecule has 0 radical (unpaired) electrons. The number of pyridine rings is 1. The maximum Gasteiger partial charge on any atom is 0.301 e. The van der Waals surface area contributed by atoms with Crippen LogP contribution in [0.1, 0.15) is 18.3 Å². The van der Waals surface area contributed by atoms with Crippen LogP contribution >= 0.6 is 0 Å². The summed E-state index contributed by atoms with van der Waals surface area (Å²) in [5.74, 6) is 1.25. The lowest BCUT2D eigenvalue weighted by Crippen LogP contribution is -2.35. The largest absolute Gasteiger partial charge is 0.301 e. The van der Waals surface area contributed by atoms with Crippen molar-refractivity contribution >= 4 is 11.2 Å². The predicted molar refractivity (Wildman–Crippen MR) is 56.1 cm³/mol. The van der Waals surface area contributed by atoms with Gasteiger partial charge in [0.1, 0.15) is 6.20 Å². The summed E-state index contributed by atoms with van der Waals surface area (Å²) in [5, 5.41) is 0. The minimum absolute atomic E-state index is 0.971. The van der Waals surface area contributed by atoms with Crippen molar-refractivity contribution in [2.24, 2.45) is 7.05 Å². The molecular formula is C11H16N3+. The first kappa shape index (κ1) is 9.19. The summed E-state index contributed by atoms with van der Waals surface area (Å²) in [5.41, 5.74) is 3.50. The van der Waals surface area contributed by atoms with Gasteiger partial charge in [-0.1, -0.05) is 0 Å². The van der Waals surface area contributed by atoms with Gasteiger partial charge in [-0.25, -0.2) is 4.57 Å². The molecule has 0 aliphatic carbocycles. The van der Waals surface area contributed by atoms with Gasteiger partial charge in [0, 0.05) is 6.92 Å². The van der Waals surface area contributed by atoms with E-state index in [0.29, 0.717) is 0 Å². The van der Waals surface area contributed by atoms with Crippen LogP contribution < -0.4 is 4.57 Å². The molecule has 0 aliphatic rings. The molecule has 0 saturated heterocycles. The summed E-state index contributed by atoms with van der Waals surface area (Å²) in [6.07, 6.45) is 1.92. The molecule has 74 valence electrons. The first-order valence-electron chi connectivity index (χ1n) is 4.96. The average molecular weight is 190 g/mol. The molecule has 3 heteroatoms. The van der Waals surface area contributed by atoms with E-state index in [1.807, 2.05) is 6.20 Å². The van der Waals surface area contributed by atoms with Crippen molar-refractivity contribution in [3.05, 3.63) is 23.7 Å². The van der Waals surface area contributed by atoms with Crippen LogP contribution in [0.2, 0.25) is 0 Å². The molecule has 14 heavy (non-hydrogen) atoms. The van der Waals surface area contributed by atoms with E-state index in [1.165, 1.54) is 16.9 Å². The van der Waals surface area contributed by atoms with E-state index < -0.39 is 0 Å². The van der Waals surface area contributed by atoms with Crippen LogP contribution in [0.15, 0.2) is 12.3 Å². The van der Waals surface area contributed by atoms with Crippen molar-refractivity contribution in [3.8, 4) is 0 Å². The average Bonchev–Trinajstić information content (AvgIpc) is 2.41. The molecule has 2 aromatic heterocycles. The third kappa shape index (κ3) is 1.12. The van der Waals surface area contributed by atoms with Crippen molar-refractivity contribution in [2.45, 2.75) is 27.3 Å². The third-order valence-electron chi connectivity index (χ3n) is 2.79. The van der Waals surface area contributed by atoms with Gasteiger partial charge in [-0.05, 0) is 25.5 Å². The second-order valence-electron chi connectivity index (χ2n) is 3.71. The monoisotopic (exact) mass is 190 g/mol. The highest BCUT2D eigenvalue weighted by atomic mass is 15.2. The minimum Gasteiger partial charge on any atom is -0.260 e. The molecule has 2 heterocycles. The lowest BCUT2D eigenvalue weighted by atomic mass is 10.3. The number of aromatic nitrogens is 3. The maximum atomic E-state index is 4.48. The van der Waals surface area contributed by atoms with Gasteiger partial charge >= 0.3 is 5.65 Å². The van der Waals surface area contributed by atoms with Gasteiger partial charge in [-0.15, -0.1) is 4.98 Å². The molecule has 0 atom stereocenters. The van der Waals surface area contributed by atoms with Crippen LogP contribution in [0.25, 0.3) is 11.2 Å². The molecule has 2 aromatic rings. The fraction of sp³-hybridized carbons (Fsp3) is 0.455. The van der Waals surface area contributed by atoms with Gasteiger partial charge in [0.2, 0.25) is 5.82 Å². The van der Waals surface area contributed by atoms with Crippen molar-refractivity contribution in [3.63, 3.8) is 0 Å². The number of hydrogen-bond acceptors (Lipinski definition) is 1. The van der Waals surface area contributed by atoms with E-state index >= 15 is 0 Å². The number of nitrogens with zero attached hydrogens (tertiary/aromatic N) is 3. The van der Waals surface area contributed by atoms with E-state index in [-0.39, 0.29) is 0 Å². The quantitative estimate of drug-likeness (QED) is 0.624. The van der Waals surface area contributed by atoms with Crippen molar-refractivity contribution < 1.29 is 4.57 Å². The first-order chi connectivity index (χ1) is 6.65. The van der Waals surface area contributed by atoms with E-state index in [2.05, 4.69) is 48.0 Å². The molecule has 0 fully saturated rings. The highest BCUT2D eigenvalue weighted by Crippen LogP contribution is 2.11. The molecule has 2 rings (SSSR count). The number of rotatable bonds is 1. The second kappa shape index (κ2) is 3.08. The van der Waals surface area contributed by atoms with Crippen LogP contribution in [-0.2, 0) is 13.6 Å². The van der Waals surface area contributed by atoms with E-state index in [4.69, 9.17) is 0 Å². The lowest BCUT2D eigenvalue weighted by molar-refractivity contribution is -0.676. The summed E-state index contributed by atoms with van der Waals surface area (Å²) in [4.78, 5) is 4.48. The van der Waals surface area contributed by atoms with Crippen LogP contribution in [0.4, 0.5) is 0 Å². The first-order valence-corrected chi connectivity index (χ1v) is 4.96. The molecule has 3 nitrogen and oxygen atoms in total. The van der Waals surface area contributed by atoms with Gasteiger partial charge in [0.25, 0.3) is 0 Å². The van der Waals surface area contributed by atoms with Crippen molar-refractivity contribution in [2.75, 3.05) is 0 Å². The Labute approximate surface area is 84.0 Å². The number of imidazole rings is 1. The maximum absolute atomic E-state index is 4.48. The lowest BCUT2D eigenvalue weighted by Gasteiger charge is -1.93. The van der Waals surface area contributed by atoms with Crippen molar-refractivity contribution in [1.29, 1.82) is 0 Å². The summed E-state index contributed by atoms with van der Waals surface area (Å²) in [6, 6.07) is 2.18. The number of hydrogen-bond donors (Lipinski definition) is 0. The van der Waals surface area contributed by atoms with Gasteiger partial charge in [-0.2, -0.15) is 0 Å². The smallest absolute Gasteiger partial charge is 0.260 e. The summed E-state index contributed by atoms with van der Waals surface area (Å²) in [6.45, 7) is 7.32. The molecule has 0 spiro atoms. The normalized spacial score (nSPS) is 11.1. The molecule has 0 saturated carbocycles. The van der Waals surface area contributed by atoms with Gasteiger partial charge in [-0.3, -0.25) is 4.57 Å². The summed E-state index contributed by atoms with van der Waals surface area (Å²) < 4.78 is 4.42. The van der Waals surface area contributed by atoms with Gasteiger partial charge in [0.15, 0.2) is 5.52 Å². The van der Waals surface area contributed by atoms with Crippen LogP contribution in [0.3, 0.4) is 0 Å². The zero-order valence-electron chi connectivity index (χ0n) is 9.20. The molecule has 0 aliphatic heterocycles. The Morgan fingerprint density at radius 2 is 2.14 bits per heavy atom. The van der Waals surface area contributed by atoms with Crippen molar-refractivity contribution in [1.82, 2.24) is 9.55 Å². The Kier molecular flexibility index (Phi) is 2.02. The van der Waals surface area contributed by atoms with Gasteiger partial charge < -0.3 is 0 Å². The van der Waals surface area contributed by atoms with Crippen LogP contribution in [0.5, 0.6) is 0 Å². The summed E-state index contributed by atoms with van der Waals surface area (Å²) >= 11 is 0. The SMILES string of the molecule is CC[n+]1c(C)n(C)c2cc(C)cnc21. The zero-order chi connectivity index (χ0) is 10.3. The number of fused-ring (bicyclic) bond motifs is 1. The van der Waals surface area contributed by atoms with Crippen LogP contribution in [-0.4, -0.2) is 9.55 Å². The fourth-order valence-electron chi connectivity index (χ4n) is 1.89. The molecule has 0 bridgehead atoms. The Hall–Kier alpha value is -1.38. The highest BCUT2D eigenvalue weighted by Gasteiger charge is 2.17. The molecular weight excluding hydrogens is 174 g/mol. The minimum atomic E-state index is 0.971. The summed E-state index contributed by atoms with van der Waals surface area (Å²) in [7, 11) is 2.09. The predicted octanol–water partition coefficient (Wildman–Crippen LogP) is 1.50. The Balaban J connectivity index is 2.88. The van der Waals surface area contributed by atoms with E-state index in [9.17, 15) is 0 Å². The van der Waals surface area contributed by atoms with Crippen LogP contribution in [0, 0.1) is 13.8 Å². The number of aryl methyl sites for hydroxylation is 3. The van der Waals surface area contributed by atoms with Gasteiger partial charge in [0.05, 0.1) is 13.6 Å². The Morgan fingerprint density at radius 3 is 2.79 bits per heavy atom. The van der Waals surface area contributed by atoms with E-state index in [1.54, 1.807) is 0 Å². The topological polar surface area (TPSA) is 21.7 Å². The zero-order valence-corrected chi connectivity index (χ0v) is 9.20. The Morgan fingerprint density at radius 1 is 1.43 bits per heavy atom. The Bertz CT molecular complexity index is 483. The third-order valence-corrected chi connectivity index (χ3v) is 2.79.